The molecule has 1 N–H and O–H groups in total. The standard InChI is InChI=1S/C21H19F17O3S/c1-11-7-8-13(42(39,40)41)12(10-11)6-4-2-3-5-9-14(22,23)15(24,25)16(26,27)17(28,29)18(30,31)19(32,33)20(34,35)21(36,37)38/h7-8,10H,2-6,9H2,1H3,(H,39,40,41). The fourth-order valence-electron chi connectivity index (χ4n) is 3.52. The monoisotopic (exact) mass is 674 g/mol. The van der Waals surface area contributed by atoms with Gasteiger partial charge in [-0.1, -0.05) is 30.5 Å². The molecule has 0 aliphatic heterocycles. The average molecular weight is 674 g/mol. The number of hydrogen-bond acceptors (Lipinski definition) is 2. The van der Waals surface area contributed by atoms with Crippen LogP contribution in [0.25, 0.3) is 0 Å². The van der Waals surface area contributed by atoms with Gasteiger partial charge < -0.3 is 0 Å². The molecule has 0 aliphatic carbocycles. The van der Waals surface area contributed by atoms with Crippen LogP contribution in [-0.2, 0) is 16.5 Å². The lowest BCUT2D eigenvalue weighted by atomic mass is 9.87. The van der Waals surface area contributed by atoms with E-state index < -0.39 is 81.9 Å². The van der Waals surface area contributed by atoms with E-state index in [9.17, 15) is 87.6 Å². The van der Waals surface area contributed by atoms with Crippen LogP contribution >= 0.6 is 0 Å². The Labute approximate surface area is 225 Å². The van der Waals surface area contributed by atoms with Crippen molar-refractivity contribution < 1.29 is 87.6 Å². The summed E-state index contributed by atoms with van der Waals surface area (Å²) in [5.74, 6) is -56.4. The van der Waals surface area contributed by atoms with Crippen molar-refractivity contribution in [1.29, 1.82) is 0 Å². The Morgan fingerprint density at radius 3 is 1.43 bits per heavy atom. The van der Waals surface area contributed by atoms with Crippen LogP contribution in [0.2, 0.25) is 0 Å². The summed E-state index contributed by atoms with van der Waals surface area (Å²) in [5, 5.41) is 0. The van der Waals surface area contributed by atoms with Crippen LogP contribution in [-0.4, -0.2) is 60.6 Å². The summed E-state index contributed by atoms with van der Waals surface area (Å²) in [7, 11) is -4.71. The first kappa shape index (κ1) is 38.0. The van der Waals surface area contributed by atoms with E-state index in [-0.39, 0.29) is 24.8 Å². The second-order valence-corrected chi connectivity index (χ2v) is 10.5. The normalized spacial score (nSPS) is 15.3. The summed E-state index contributed by atoms with van der Waals surface area (Å²) < 4.78 is 258. The van der Waals surface area contributed by atoms with Gasteiger partial charge >= 0.3 is 47.6 Å². The van der Waals surface area contributed by atoms with Crippen LogP contribution in [0.4, 0.5) is 74.6 Å². The molecule has 246 valence electrons. The van der Waals surface area contributed by atoms with Gasteiger partial charge in [-0.15, -0.1) is 0 Å². The first-order chi connectivity index (χ1) is 18.3. The van der Waals surface area contributed by atoms with Crippen LogP contribution < -0.4 is 0 Å². The Balaban J connectivity index is 3.08. The molecule has 0 heterocycles. The van der Waals surface area contributed by atoms with Crippen LogP contribution in [0.1, 0.15) is 43.2 Å². The summed E-state index contributed by atoms with van der Waals surface area (Å²) in [5.41, 5.74) is 0.521. The van der Waals surface area contributed by atoms with Crippen molar-refractivity contribution in [1.82, 2.24) is 0 Å². The molecule has 42 heavy (non-hydrogen) atoms. The number of hydrogen-bond donors (Lipinski definition) is 1. The molecule has 0 saturated carbocycles. The lowest BCUT2D eigenvalue weighted by Crippen LogP contribution is -2.74. The van der Waals surface area contributed by atoms with Gasteiger partial charge in [0, 0.05) is 6.42 Å². The molecular formula is C21H19F17O3S. The van der Waals surface area contributed by atoms with Crippen molar-refractivity contribution in [2.75, 3.05) is 0 Å². The van der Waals surface area contributed by atoms with E-state index in [2.05, 4.69) is 0 Å². The zero-order valence-corrected chi connectivity index (χ0v) is 21.4. The molecule has 0 aromatic heterocycles. The number of rotatable bonds is 14. The number of aryl methyl sites for hydroxylation is 2. The van der Waals surface area contributed by atoms with Gasteiger partial charge in [0.05, 0.1) is 4.90 Å². The van der Waals surface area contributed by atoms with E-state index in [0.717, 1.165) is 6.07 Å². The number of benzene rings is 1. The molecule has 1 rings (SSSR count). The maximum absolute atomic E-state index is 13.9. The van der Waals surface area contributed by atoms with Crippen molar-refractivity contribution in [3.8, 4) is 0 Å². The minimum atomic E-state index is -8.65. The van der Waals surface area contributed by atoms with Gasteiger partial charge in [0.15, 0.2) is 0 Å². The lowest BCUT2D eigenvalue weighted by molar-refractivity contribution is -0.461. The van der Waals surface area contributed by atoms with E-state index >= 15 is 0 Å². The second kappa shape index (κ2) is 11.5. The third-order valence-corrected chi connectivity index (χ3v) is 6.92. The van der Waals surface area contributed by atoms with E-state index in [1.165, 1.54) is 19.1 Å². The van der Waals surface area contributed by atoms with Gasteiger partial charge in [-0.2, -0.15) is 83.1 Å². The Morgan fingerprint density at radius 2 is 1.00 bits per heavy atom. The molecule has 3 nitrogen and oxygen atoms in total. The first-order valence-electron chi connectivity index (χ1n) is 11.1. The summed E-state index contributed by atoms with van der Waals surface area (Å²) in [4.78, 5) is -0.544. The van der Waals surface area contributed by atoms with Crippen molar-refractivity contribution in [3.63, 3.8) is 0 Å². The van der Waals surface area contributed by atoms with Gasteiger partial charge in [-0.3, -0.25) is 4.55 Å². The predicted octanol–water partition coefficient (Wildman–Crippen LogP) is 8.74. The fourth-order valence-corrected chi connectivity index (χ4v) is 4.26. The predicted molar refractivity (Wildman–Crippen MR) is 108 cm³/mol. The second-order valence-electron chi connectivity index (χ2n) is 9.15. The molecule has 0 fully saturated rings. The molecule has 0 spiro atoms. The van der Waals surface area contributed by atoms with Crippen LogP contribution in [0.3, 0.4) is 0 Å². The summed E-state index contributed by atoms with van der Waals surface area (Å²) in [6.45, 7) is 1.51. The highest BCUT2D eigenvalue weighted by molar-refractivity contribution is 7.85. The van der Waals surface area contributed by atoms with E-state index in [4.69, 9.17) is 0 Å². The lowest BCUT2D eigenvalue weighted by Gasteiger charge is -2.42. The van der Waals surface area contributed by atoms with Crippen LogP contribution in [0.5, 0.6) is 0 Å². The molecule has 0 bridgehead atoms. The number of alkyl halides is 17. The van der Waals surface area contributed by atoms with Gasteiger partial charge in [-0.25, -0.2) is 0 Å². The minimum Gasteiger partial charge on any atom is -0.282 e. The highest BCUT2D eigenvalue weighted by Gasteiger charge is 2.95. The van der Waals surface area contributed by atoms with E-state index in [1.807, 2.05) is 0 Å². The Morgan fingerprint density at radius 1 is 0.595 bits per heavy atom. The molecule has 0 aliphatic rings. The summed E-state index contributed by atoms with van der Waals surface area (Å²) >= 11 is 0. The zero-order valence-electron chi connectivity index (χ0n) is 20.6. The summed E-state index contributed by atoms with van der Waals surface area (Å²) in [6.07, 6.45) is -12.8. The largest absolute Gasteiger partial charge is 0.460 e. The molecule has 0 atom stereocenters. The van der Waals surface area contributed by atoms with E-state index in [1.54, 1.807) is 0 Å². The van der Waals surface area contributed by atoms with Gasteiger partial charge in [0.25, 0.3) is 10.1 Å². The third-order valence-electron chi connectivity index (χ3n) is 5.97. The average Bonchev–Trinajstić information content (AvgIpc) is 2.78. The van der Waals surface area contributed by atoms with Crippen molar-refractivity contribution in [2.24, 2.45) is 0 Å². The fraction of sp³-hybridized carbons (Fsp3) is 0.714. The topological polar surface area (TPSA) is 54.4 Å². The SMILES string of the molecule is Cc1ccc(S(=O)(=O)O)c(CCCCCCC(F)(F)C(F)(F)C(F)(F)C(F)(F)C(F)(F)C(F)(F)C(F)(F)C(F)(F)F)c1. The number of halogens is 17. The maximum Gasteiger partial charge on any atom is 0.460 e. The zero-order chi connectivity index (χ0) is 33.6. The third kappa shape index (κ3) is 6.40. The molecule has 1 aromatic rings. The van der Waals surface area contributed by atoms with Crippen molar-refractivity contribution in [2.45, 2.75) is 98.0 Å². The molecule has 0 saturated heterocycles. The van der Waals surface area contributed by atoms with E-state index in [0.29, 0.717) is 5.56 Å². The highest BCUT2D eigenvalue weighted by atomic mass is 32.2. The van der Waals surface area contributed by atoms with Crippen molar-refractivity contribution >= 4 is 10.1 Å². The van der Waals surface area contributed by atoms with Gasteiger partial charge in [0.1, 0.15) is 0 Å². The molecule has 0 amide bonds. The molecule has 1 aromatic carbocycles. The Bertz CT molecular complexity index is 1210. The number of unbranched alkanes of at least 4 members (excludes halogenated alkanes) is 3. The first-order valence-corrected chi connectivity index (χ1v) is 12.6. The van der Waals surface area contributed by atoms with Gasteiger partial charge in [-0.05, 0) is 37.8 Å². The Kier molecular flexibility index (Phi) is 10.4. The van der Waals surface area contributed by atoms with Crippen LogP contribution in [0, 0.1) is 6.92 Å². The Hall–Kier alpha value is -2.06. The summed E-state index contributed by atoms with van der Waals surface area (Å²) in [6, 6.07) is 3.61. The molecule has 0 radical (unpaired) electrons. The smallest absolute Gasteiger partial charge is 0.282 e. The minimum absolute atomic E-state index is 0.0186. The maximum atomic E-state index is 13.9. The van der Waals surface area contributed by atoms with Crippen molar-refractivity contribution in [3.05, 3.63) is 29.3 Å². The quantitative estimate of drug-likeness (QED) is 0.122. The van der Waals surface area contributed by atoms with Gasteiger partial charge in [0.2, 0.25) is 0 Å². The molecule has 21 heteroatoms. The molecule has 0 unspecified atom stereocenters. The van der Waals surface area contributed by atoms with Crippen LogP contribution in [0.15, 0.2) is 23.1 Å². The highest BCUT2D eigenvalue weighted by Crippen LogP contribution is 2.64. The molecular weight excluding hydrogens is 655 g/mol.